The van der Waals surface area contributed by atoms with Gasteiger partial charge in [-0.15, -0.1) is 0 Å². The first kappa shape index (κ1) is 12.3. The van der Waals surface area contributed by atoms with Gasteiger partial charge in [-0.2, -0.15) is 0 Å². The molecule has 3 N–H and O–H groups in total. The first-order valence-corrected chi connectivity index (χ1v) is 5.68. The van der Waals surface area contributed by atoms with Gasteiger partial charge in [0.25, 0.3) is 0 Å². The lowest BCUT2D eigenvalue weighted by Crippen LogP contribution is -2.19. The van der Waals surface area contributed by atoms with Crippen molar-refractivity contribution in [2.24, 2.45) is 0 Å². The molecule has 0 aliphatic rings. The van der Waals surface area contributed by atoms with Crippen molar-refractivity contribution in [3.05, 3.63) is 54.3 Å². The molecule has 0 aliphatic carbocycles. The van der Waals surface area contributed by atoms with Crippen LogP contribution in [0.1, 0.15) is 0 Å². The van der Waals surface area contributed by atoms with Gasteiger partial charge in [-0.3, -0.25) is 0 Å². The fraction of sp³-hybridized carbons (Fsp3) is 0. The summed E-state index contributed by atoms with van der Waals surface area (Å²) in [6.45, 7) is 0. The van der Waals surface area contributed by atoms with Crippen LogP contribution in [-0.2, 0) is 0 Å². The summed E-state index contributed by atoms with van der Waals surface area (Å²) in [7, 11) is 0. The third-order valence-electron chi connectivity index (χ3n) is 2.27. The Labute approximate surface area is 109 Å². The molecule has 0 fully saturated rings. The van der Waals surface area contributed by atoms with E-state index in [9.17, 15) is 9.50 Å². The number of rotatable bonds is 2. The van der Waals surface area contributed by atoms with E-state index in [2.05, 4.69) is 10.6 Å². The maximum atomic E-state index is 13.1. The number of thiocarbonyl (C=S) groups is 1. The second kappa shape index (κ2) is 5.46. The normalized spacial score (nSPS) is 9.83. The van der Waals surface area contributed by atoms with Crippen molar-refractivity contribution in [2.75, 3.05) is 10.6 Å². The van der Waals surface area contributed by atoms with Crippen LogP contribution in [0.15, 0.2) is 48.5 Å². The Morgan fingerprint density at radius 2 is 1.72 bits per heavy atom. The van der Waals surface area contributed by atoms with Gasteiger partial charge in [0, 0.05) is 5.69 Å². The molecule has 0 spiro atoms. The number of anilines is 2. The molecule has 3 nitrogen and oxygen atoms in total. The molecule has 18 heavy (non-hydrogen) atoms. The van der Waals surface area contributed by atoms with E-state index in [0.717, 1.165) is 5.69 Å². The molecule has 0 amide bonds. The van der Waals surface area contributed by atoms with Gasteiger partial charge in [-0.25, -0.2) is 4.39 Å². The van der Waals surface area contributed by atoms with Crippen LogP contribution in [0.3, 0.4) is 0 Å². The molecule has 92 valence electrons. The van der Waals surface area contributed by atoms with Crippen LogP contribution in [0.4, 0.5) is 15.8 Å². The van der Waals surface area contributed by atoms with E-state index in [0.29, 0.717) is 0 Å². The highest BCUT2D eigenvalue weighted by molar-refractivity contribution is 7.80. The lowest BCUT2D eigenvalue weighted by molar-refractivity contribution is 0.435. The highest BCUT2D eigenvalue weighted by atomic mass is 32.1. The molecular formula is C13H11FN2OS. The maximum Gasteiger partial charge on any atom is 0.175 e. The van der Waals surface area contributed by atoms with Gasteiger partial charge in [-0.05, 0) is 36.5 Å². The van der Waals surface area contributed by atoms with Gasteiger partial charge in [0.05, 0.1) is 5.69 Å². The second-order valence-corrected chi connectivity index (χ2v) is 3.99. The van der Waals surface area contributed by atoms with Gasteiger partial charge in [-0.1, -0.05) is 24.3 Å². The summed E-state index contributed by atoms with van der Waals surface area (Å²) in [5, 5.41) is 15.4. The number of para-hydroxylation sites is 2. The molecule has 0 saturated heterocycles. The number of aromatic hydroxyl groups is 1. The summed E-state index contributed by atoms with van der Waals surface area (Å²) >= 11 is 5.07. The Hall–Kier alpha value is -2.14. The van der Waals surface area contributed by atoms with Crippen LogP contribution in [0.25, 0.3) is 0 Å². The number of nitrogens with one attached hydrogen (secondary N) is 2. The van der Waals surface area contributed by atoms with Crippen molar-refractivity contribution in [3.8, 4) is 5.75 Å². The van der Waals surface area contributed by atoms with Crippen LogP contribution in [0, 0.1) is 5.82 Å². The summed E-state index contributed by atoms with van der Waals surface area (Å²) in [6, 6.07) is 13.5. The predicted molar refractivity (Wildman–Crippen MR) is 74.4 cm³/mol. The van der Waals surface area contributed by atoms with Crippen LogP contribution in [-0.4, -0.2) is 10.2 Å². The molecule has 0 radical (unpaired) electrons. The zero-order valence-corrected chi connectivity index (χ0v) is 10.2. The molecule has 2 aromatic rings. The molecule has 0 aromatic heterocycles. The molecule has 0 saturated carbocycles. The van der Waals surface area contributed by atoms with Gasteiger partial charge in [0.15, 0.2) is 16.7 Å². The topological polar surface area (TPSA) is 44.3 Å². The number of halogens is 1. The lowest BCUT2D eigenvalue weighted by Gasteiger charge is -2.11. The minimum atomic E-state index is -0.692. The minimum absolute atomic E-state index is 0.225. The third-order valence-corrected chi connectivity index (χ3v) is 2.47. The van der Waals surface area contributed by atoms with Crippen LogP contribution >= 0.6 is 12.2 Å². The van der Waals surface area contributed by atoms with Gasteiger partial charge in [0.2, 0.25) is 0 Å². The summed E-state index contributed by atoms with van der Waals surface area (Å²) in [5.41, 5.74) is 1.04. The van der Waals surface area contributed by atoms with E-state index in [1.807, 2.05) is 30.3 Å². The molecular weight excluding hydrogens is 251 g/mol. The first-order chi connectivity index (χ1) is 8.66. The Bertz CT molecular complexity index is 560. The highest BCUT2D eigenvalue weighted by Gasteiger charge is 2.07. The highest BCUT2D eigenvalue weighted by Crippen LogP contribution is 2.25. The van der Waals surface area contributed by atoms with Crippen LogP contribution < -0.4 is 10.6 Å². The molecule has 2 rings (SSSR count). The first-order valence-electron chi connectivity index (χ1n) is 5.27. The zero-order chi connectivity index (χ0) is 13.0. The maximum absolute atomic E-state index is 13.1. The van der Waals surface area contributed by atoms with E-state index in [4.69, 9.17) is 12.2 Å². The largest absolute Gasteiger partial charge is 0.503 e. The summed E-state index contributed by atoms with van der Waals surface area (Å²) < 4.78 is 13.1. The SMILES string of the molecule is Oc1c(F)cccc1NC(=S)Nc1ccccc1. The Morgan fingerprint density at radius 3 is 2.44 bits per heavy atom. The molecule has 0 atom stereocenters. The molecule has 0 aliphatic heterocycles. The Morgan fingerprint density at radius 1 is 1.00 bits per heavy atom. The fourth-order valence-electron chi connectivity index (χ4n) is 1.42. The number of benzene rings is 2. The van der Waals surface area contributed by atoms with Crippen LogP contribution in [0.5, 0.6) is 5.75 Å². The van der Waals surface area contributed by atoms with Crippen molar-refractivity contribution in [1.29, 1.82) is 0 Å². The van der Waals surface area contributed by atoms with Gasteiger partial charge < -0.3 is 15.7 Å². The average Bonchev–Trinajstić information content (AvgIpc) is 2.36. The van der Waals surface area contributed by atoms with E-state index in [1.165, 1.54) is 18.2 Å². The standard InChI is InChI=1S/C13H11FN2OS/c14-10-7-4-8-11(12(10)17)16-13(18)15-9-5-2-1-3-6-9/h1-8,17H,(H2,15,16,18). The fourth-order valence-corrected chi connectivity index (χ4v) is 1.65. The second-order valence-electron chi connectivity index (χ2n) is 3.58. The van der Waals surface area contributed by atoms with Crippen molar-refractivity contribution >= 4 is 28.7 Å². The molecule has 0 heterocycles. The van der Waals surface area contributed by atoms with E-state index >= 15 is 0 Å². The molecule has 2 aromatic carbocycles. The van der Waals surface area contributed by atoms with Gasteiger partial charge in [0.1, 0.15) is 0 Å². The van der Waals surface area contributed by atoms with Crippen molar-refractivity contribution in [3.63, 3.8) is 0 Å². The van der Waals surface area contributed by atoms with Crippen molar-refractivity contribution < 1.29 is 9.50 Å². The lowest BCUT2D eigenvalue weighted by atomic mass is 10.3. The van der Waals surface area contributed by atoms with Crippen LogP contribution in [0.2, 0.25) is 0 Å². The average molecular weight is 262 g/mol. The summed E-state index contributed by atoms with van der Waals surface area (Å²) in [4.78, 5) is 0. The smallest absolute Gasteiger partial charge is 0.175 e. The van der Waals surface area contributed by atoms with E-state index in [-0.39, 0.29) is 10.8 Å². The van der Waals surface area contributed by atoms with Crippen molar-refractivity contribution in [1.82, 2.24) is 0 Å². The van der Waals surface area contributed by atoms with Crippen molar-refractivity contribution in [2.45, 2.75) is 0 Å². The minimum Gasteiger partial charge on any atom is -0.503 e. The Kier molecular flexibility index (Phi) is 3.74. The Balaban J connectivity index is 2.06. The number of hydrogen-bond donors (Lipinski definition) is 3. The van der Waals surface area contributed by atoms with Gasteiger partial charge >= 0.3 is 0 Å². The summed E-state index contributed by atoms with van der Waals surface area (Å²) in [5.74, 6) is -1.14. The monoisotopic (exact) mass is 262 g/mol. The molecule has 5 heteroatoms. The van der Waals surface area contributed by atoms with E-state index in [1.54, 1.807) is 0 Å². The predicted octanol–water partition coefficient (Wildman–Crippen LogP) is 3.34. The quantitative estimate of drug-likeness (QED) is 0.573. The summed E-state index contributed by atoms with van der Waals surface area (Å²) in [6.07, 6.45) is 0. The zero-order valence-electron chi connectivity index (χ0n) is 9.35. The molecule has 0 unspecified atom stereocenters. The molecule has 0 bridgehead atoms. The third kappa shape index (κ3) is 2.95. The number of hydrogen-bond acceptors (Lipinski definition) is 2. The number of phenolic OH excluding ortho intramolecular Hbond substituents is 1. The van der Waals surface area contributed by atoms with E-state index < -0.39 is 11.6 Å². The number of phenols is 1.